The first kappa shape index (κ1) is 12.5. The molecule has 0 aliphatic rings. The molecule has 0 saturated carbocycles. The number of primary amides is 1. The van der Waals surface area contributed by atoms with E-state index in [0.717, 1.165) is 11.3 Å². The minimum absolute atomic E-state index is 0.298. The first-order valence-electron chi connectivity index (χ1n) is 5.29. The lowest BCUT2D eigenvalue weighted by molar-refractivity contribution is -0.119. The van der Waals surface area contributed by atoms with Crippen LogP contribution in [0.15, 0.2) is 24.3 Å². The van der Waals surface area contributed by atoms with Gasteiger partial charge in [0, 0.05) is 26.3 Å². The van der Waals surface area contributed by atoms with Crippen LogP contribution in [-0.2, 0) is 11.3 Å². The molecule has 16 heavy (non-hydrogen) atoms. The number of nitrogens with two attached hydrogens (primary N) is 1. The van der Waals surface area contributed by atoms with E-state index in [1.807, 2.05) is 43.3 Å². The van der Waals surface area contributed by atoms with E-state index in [2.05, 4.69) is 5.32 Å². The highest BCUT2D eigenvalue weighted by atomic mass is 16.1. The number of carbonyl (C=O) groups excluding carboxylic acids is 1. The Kier molecular flexibility index (Phi) is 4.31. The highest BCUT2D eigenvalue weighted by Crippen LogP contribution is 2.11. The van der Waals surface area contributed by atoms with Crippen LogP contribution in [0.5, 0.6) is 0 Å². The smallest absolute Gasteiger partial charge is 0.234 e. The highest BCUT2D eigenvalue weighted by Gasteiger charge is 2.06. The molecule has 1 amide bonds. The van der Waals surface area contributed by atoms with E-state index in [1.54, 1.807) is 6.92 Å². The topological polar surface area (TPSA) is 58.4 Å². The van der Waals surface area contributed by atoms with E-state index in [9.17, 15) is 4.79 Å². The number of nitrogens with zero attached hydrogens (tertiary/aromatic N) is 1. The van der Waals surface area contributed by atoms with Gasteiger partial charge in [0.25, 0.3) is 0 Å². The molecule has 1 unspecified atom stereocenters. The van der Waals surface area contributed by atoms with Crippen LogP contribution in [0.1, 0.15) is 12.5 Å². The number of benzene rings is 1. The molecule has 1 rings (SSSR count). The van der Waals surface area contributed by atoms with Crippen LogP contribution in [-0.4, -0.2) is 26.0 Å². The lowest BCUT2D eigenvalue weighted by atomic mass is 10.2. The van der Waals surface area contributed by atoms with E-state index >= 15 is 0 Å². The summed E-state index contributed by atoms with van der Waals surface area (Å²) in [6.07, 6.45) is 0. The Morgan fingerprint density at radius 1 is 1.38 bits per heavy atom. The van der Waals surface area contributed by atoms with Crippen molar-refractivity contribution in [1.29, 1.82) is 0 Å². The van der Waals surface area contributed by atoms with Crippen molar-refractivity contribution in [1.82, 2.24) is 5.32 Å². The van der Waals surface area contributed by atoms with E-state index in [4.69, 9.17) is 5.73 Å². The molecule has 1 aromatic rings. The van der Waals surface area contributed by atoms with Gasteiger partial charge in [-0.1, -0.05) is 12.1 Å². The summed E-state index contributed by atoms with van der Waals surface area (Å²) in [4.78, 5) is 12.9. The van der Waals surface area contributed by atoms with Crippen molar-refractivity contribution < 1.29 is 4.79 Å². The van der Waals surface area contributed by atoms with Gasteiger partial charge in [-0.3, -0.25) is 4.79 Å². The molecule has 0 aromatic heterocycles. The molecular formula is C12H19N3O. The van der Waals surface area contributed by atoms with Crippen molar-refractivity contribution in [3.8, 4) is 0 Å². The maximum Gasteiger partial charge on any atom is 0.234 e. The third kappa shape index (κ3) is 3.55. The summed E-state index contributed by atoms with van der Waals surface area (Å²) in [7, 11) is 4.00. The average Bonchev–Trinajstić information content (AvgIpc) is 2.26. The van der Waals surface area contributed by atoms with Crippen LogP contribution in [0.2, 0.25) is 0 Å². The molecular weight excluding hydrogens is 202 g/mol. The summed E-state index contributed by atoms with van der Waals surface area (Å²) in [6.45, 7) is 2.41. The molecule has 4 nitrogen and oxygen atoms in total. The summed E-state index contributed by atoms with van der Waals surface area (Å²) in [5.41, 5.74) is 7.45. The Morgan fingerprint density at radius 2 is 1.94 bits per heavy atom. The van der Waals surface area contributed by atoms with Gasteiger partial charge in [0.1, 0.15) is 0 Å². The predicted molar refractivity (Wildman–Crippen MR) is 66.3 cm³/mol. The number of amides is 1. The van der Waals surface area contributed by atoms with Crippen molar-refractivity contribution >= 4 is 11.6 Å². The fraction of sp³-hybridized carbons (Fsp3) is 0.417. The Bertz CT molecular complexity index is 346. The zero-order valence-electron chi connectivity index (χ0n) is 10.0. The molecule has 0 saturated heterocycles. The zero-order chi connectivity index (χ0) is 12.1. The van der Waals surface area contributed by atoms with Crippen LogP contribution < -0.4 is 16.0 Å². The van der Waals surface area contributed by atoms with Gasteiger partial charge in [0.05, 0.1) is 6.04 Å². The molecule has 1 aromatic carbocycles. The molecule has 0 spiro atoms. The Labute approximate surface area is 96.4 Å². The Balaban J connectivity index is 2.52. The summed E-state index contributed by atoms with van der Waals surface area (Å²) in [6, 6.07) is 7.87. The number of hydrogen-bond donors (Lipinski definition) is 2. The summed E-state index contributed by atoms with van der Waals surface area (Å²) in [5.74, 6) is -0.329. The Morgan fingerprint density at radius 3 is 2.38 bits per heavy atom. The third-order valence-electron chi connectivity index (χ3n) is 2.49. The maximum atomic E-state index is 10.8. The van der Waals surface area contributed by atoms with E-state index in [-0.39, 0.29) is 11.9 Å². The normalized spacial score (nSPS) is 12.2. The predicted octanol–water partition coefficient (Wildman–Crippen LogP) is 0.716. The minimum atomic E-state index is -0.329. The lowest BCUT2D eigenvalue weighted by Gasteiger charge is -2.14. The molecule has 0 bridgehead atoms. The van der Waals surface area contributed by atoms with Gasteiger partial charge in [0.2, 0.25) is 5.91 Å². The third-order valence-corrected chi connectivity index (χ3v) is 2.49. The van der Waals surface area contributed by atoms with Gasteiger partial charge in [0.15, 0.2) is 0 Å². The van der Waals surface area contributed by atoms with Crippen molar-refractivity contribution in [2.24, 2.45) is 5.73 Å². The van der Waals surface area contributed by atoms with Crippen molar-refractivity contribution in [3.63, 3.8) is 0 Å². The SMILES string of the molecule is CC(NCc1ccc(N(C)C)cc1)C(N)=O. The second kappa shape index (κ2) is 5.51. The molecule has 4 heteroatoms. The number of anilines is 1. The second-order valence-electron chi connectivity index (χ2n) is 4.07. The second-order valence-corrected chi connectivity index (χ2v) is 4.07. The highest BCUT2D eigenvalue weighted by molar-refractivity contribution is 5.79. The number of carbonyl (C=O) groups is 1. The molecule has 88 valence electrons. The molecule has 0 heterocycles. The van der Waals surface area contributed by atoms with Crippen LogP contribution in [0.25, 0.3) is 0 Å². The van der Waals surface area contributed by atoms with Crippen LogP contribution in [0.4, 0.5) is 5.69 Å². The molecule has 0 fully saturated rings. The maximum absolute atomic E-state index is 10.8. The molecule has 3 N–H and O–H groups in total. The fourth-order valence-corrected chi connectivity index (χ4v) is 1.28. The molecule has 0 radical (unpaired) electrons. The lowest BCUT2D eigenvalue weighted by Crippen LogP contribution is -2.38. The van der Waals surface area contributed by atoms with Gasteiger partial charge in [-0.05, 0) is 24.6 Å². The van der Waals surface area contributed by atoms with Gasteiger partial charge in [-0.2, -0.15) is 0 Å². The number of rotatable bonds is 5. The first-order valence-corrected chi connectivity index (χ1v) is 5.29. The van der Waals surface area contributed by atoms with Gasteiger partial charge in [-0.15, -0.1) is 0 Å². The summed E-state index contributed by atoms with van der Waals surface area (Å²) >= 11 is 0. The average molecular weight is 221 g/mol. The number of nitrogens with one attached hydrogen (secondary N) is 1. The molecule has 0 aliphatic heterocycles. The van der Waals surface area contributed by atoms with Crippen molar-refractivity contribution in [2.75, 3.05) is 19.0 Å². The largest absolute Gasteiger partial charge is 0.378 e. The first-order chi connectivity index (χ1) is 7.50. The van der Waals surface area contributed by atoms with E-state index in [0.29, 0.717) is 6.54 Å². The van der Waals surface area contributed by atoms with Crippen LogP contribution in [0, 0.1) is 0 Å². The van der Waals surface area contributed by atoms with E-state index < -0.39 is 0 Å². The number of hydrogen-bond acceptors (Lipinski definition) is 3. The summed E-state index contributed by atoms with van der Waals surface area (Å²) < 4.78 is 0. The van der Waals surface area contributed by atoms with Gasteiger partial charge >= 0.3 is 0 Å². The van der Waals surface area contributed by atoms with Gasteiger partial charge in [-0.25, -0.2) is 0 Å². The van der Waals surface area contributed by atoms with E-state index in [1.165, 1.54) is 0 Å². The monoisotopic (exact) mass is 221 g/mol. The van der Waals surface area contributed by atoms with Crippen molar-refractivity contribution in [2.45, 2.75) is 19.5 Å². The standard InChI is InChI=1S/C12H19N3O/c1-9(12(13)16)14-8-10-4-6-11(7-5-10)15(2)3/h4-7,9,14H,8H2,1-3H3,(H2,13,16). The summed E-state index contributed by atoms with van der Waals surface area (Å²) in [5, 5.41) is 3.06. The van der Waals surface area contributed by atoms with Crippen LogP contribution >= 0.6 is 0 Å². The van der Waals surface area contributed by atoms with Crippen molar-refractivity contribution in [3.05, 3.63) is 29.8 Å². The fourth-order valence-electron chi connectivity index (χ4n) is 1.28. The quantitative estimate of drug-likeness (QED) is 0.770. The molecule has 0 aliphatic carbocycles. The Hall–Kier alpha value is -1.55. The van der Waals surface area contributed by atoms with Gasteiger partial charge < -0.3 is 16.0 Å². The zero-order valence-corrected chi connectivity index (χ0v) is 10.0. The van der Waals surface area contributed by atoms with Crippen LogP contribution in [0.3, 0.4) is 0 Å². The molecule has 1 atom stereocenters. The minimum Gasteiger partial charge on any atom is -0.378 e.